The van der Waals surface area contributed by atoms with E-state index in [0.717, 1.165) is 70.6 Å². The normalized spacial score (nSPS) is 29.6. The summed E-state index contributed by atoms with van der Waals surface area (Å²) in [6.07, 6.45) is 21.8. The predicted octanol–water partition coefficient (Wildman–Crippen LogP) is 7.33. The molecule has 1 amide bonds. The molecule has 19 nitrogen and oxygen atoms in total. The number of hydrogen-bond donors (Lipinski definition) is 12. The number of carbonyl (C=O) groups is 1. The van der Waals surface area contributed by atoms with E-state index in [1.165, 1.54) is 148 Å². The van der Waals surface area contributed by atoms with E-state index in [-0.39, 0.29) is 18.9 Å². The summed E-state index contributed by atoms with van der Waals surface area (Å²) in [5, 5.41) is 120. The zero-order valence-electron chi connectivity index (χ0n) is 50.7. The summed E-state index contributed by atoms with van der Waals surface area (Å²) >= 11 is 0. The zero-order valence-corrected chi connectivity index (χ0v) is 50.7. The number of aliphatic hydroxyl groups excluding tert-OH is 11. The molecule has 3 aliphatic heterocycles. The lowest BCUT2D eigenvalue weighted by molar-refractivity contribution is -0.379. The molecule has 3 fully saturated rings. The maximum atomic E-state index is 13.3. The van der Waals surface area contributed by atoms with Crippen molar-refractivity contribution in [2.24, 2.45) is 0 Å². The van der Waals surface area contributed by atoms with Crippen molar-refractivity contribution in [3.63, 3.8) is 0 Å². The number of carbonyl (C=O) groups excluding carboxylic acids is 1. The van der Waals surface area contributed by atoms with Crippen LogP contribution in [0.4, 0.5) is 0 Å². The standard InChI is InChI=1S/C63H119NO18/c1-3-5-7-9-11-13-15-16-17-18-19-20-21-22-23-24-25-26-27-28-29-30-31-32-34-36-38-40-47(68)46(64-51(69)41-39-37-35-33-14-12-10-8-6-4-2)45-77-61-57(75)54(72)59(49(43-66)79-61)82-63-58(76)55(73)60(50(44-67)80-63)81-62-56(74)53(71)52(70)48(42-65)78-62/h8,10,46-50,52-63,65-68,70-76H,3-7,9,11-45H2,1-2H3,(H,64,69)/b10-8-. The van der Waals surface area contributed by atoms with Crippen LogP contribution >= 0.6 is 0 Å². The Bertz CT molecular complexity index is 1550. The number of aliphatic hydroxyl groups is 11. The summed E-state index contributed by atoms with van der Waals surface area (Å²) in [5.41, 5.74) is 0. The molecule has 12 N–H and O–H groups in total. The minimum atomic E-state index is -1.97. The van der Waals surface area contributed by atoms with Crippen LogP contribution in [0.2, 0.25) is 0 Å². The van der Waals surface area contributed by atoms with Crippen molar-refractivity contribution >= 4 is 5.91 Å². The fourth-order valence-electron chi connectivity index (χ4n) is 11.4. The van der Waals surface area contributed by atoms with Gasteiger partial charge in [0.2, 0.25) is 5.91 Å². The first-order valence-electron chi connectivity index (χ1n) is 32.9. The highest BCUT2D eigenvalue weighted by Gasteiger charge is 2.53. The molecule has 17 atom stereocenters. The van der Waals surface area contributed by atoms with Gasteiger partial charge in [0.25, 0.3) is 0 Å². The lowest BCUT2D eigenvalue weighted by Gasteiger charge is -2.48. The molecular formula is C63H119NO18. The molecule has 3 saturated heterocycles. The van der Waals surface area contributed by atoms with Gasteiger partial charge in [-0.1, -0.05) is 225 Å². The van der Waals surface area contributed by atoms with Gasteiger partial charge in [-0.3, -0.25) is 4.79 Å². The highest BCUT2D eigenvalue weighted by Crippen LogP contribution is 2.33. The van der Waals surface area contributed by atoms with Crippen LogP contribution in [0.5, 0.6) is 0 Å². The van der Waals surface area contributed by atoms with Gasteiger partial charge < -0.3 is 89.9 Å². The molecule has 0 aromatic rings. The Hall–Kier alpha value is -1.47. The van der Waals surface area contributed by atoms with E-state index in [1.807, 2.05) is 0 Å². The summed E-state index contributed by atoms with van der Waals surface area (Å²) in [6, 6.07) is -0.887. The maximum Gasteiger partial charge on any atom is 0.220 e. The number of ether oxygens (including phenoxy) is 6. The molecule has 3 aliphatic rings. The Morgan fingerprint density at radius 3 is 1.23 bits per heavy atom. The molecule has 0 saturated carbocycles. The number of nitrogens with one attached hydrogen (secondary N) is 1. The van der Waals surface area contributed by atoms with E-state index in [1.54, 1.807) is 0 Å². The minimum Gasteiger partial charge on any atom is -0.394 e. The largest absolute Gasteiger partial charge is 0.394 e. The topological polar surface area (TPSA) is 307 Å². The van der Waals surface area contributed by atoms with E-state index in [2.05, 4.69) is 31.3 Å². The second-order valence-electron chi connectivity index (χ2n) is 23.9. The third-order valence-corrected chi connectivity index (χ3v) is 16.8. The Labute approximate surface area is 493 Å². The number of hydrogen-bond acceptors (Lipinski definition) is 18. The highest BCUT2D eigenvalue weighted by atomic mass is 16.8. The molecule has 3 heterocycles. The zero-order chi connectivity index (χ0) is 59.7. The van der Waals surface area contributed by atoms with Crippen molar-refractivity contribution in [1.29, 1.82) is 0 Å². The first kappa shape index (κ1) is 74.8. The van der Waals surface area contributed by atoms with Gasteiger partial charge in [-0.15, -0.1) is 0 Å². The van der Waals surface area contributed by atoms with Crippen molar-refractivity contribution in [3.05, 3.63) is 12.2 Å². The number of allylic oxidation sites excluding steroid dienone is 2. The van der Waals surface area contributed by atoms with Gasteiger partial charge in [0.1, 0.15) is 73.2 Å². The van der Waals surface area contributed by atoms with Crippen LogP contribution in [0.1, 0.15) is 251 Å². The summed E-state index contributed by atoms with van der Waals surface area (Å²) in [4.78, 5) is 13.3. The van der Waals surface area contributed by atoms with Crippen molar-refractivity contribution in [3.8, 4) is 0 Å². The third kappa shape index (κ3) is 29.5. The van der Waals surface area contributed by atoms with Crippen molar-refractivity contribution < 1.29 is 89.4 Å². The molecule has 19 heteroatoms. The third-order valence-electron chi connectivity index (χ3n) is 16.8. The summed E-state index contributed by atoms with van der Waals surface area (Å²) < 4.78 is 34.3. The fraction of sp³-hybridized carbons (Fsp3) is 0.952. The van der Waals surface area contributed by atoms with Crippen LogP contribution < -0.4 is 5.32 Å². The van der Waals surface area contributed by atoms with Crippen LogP contribution in [-0.4, -0.2) is 193 Å². The van der Waals surface area contributed by atoms with Crippen molar-refractivity contribution in [1.82, 2.24) is 5.32 Å². The van der Waals surface area contributed by atoms with E-state index in [9.17, 15) is 61.0 Å². The Morgan fingerprint density at radius 2 is 0.793 bits per heavy atom. The van der Waals surface area contributed by atoms with Crippen molar-refractivity contribution in [2.75, 3.05) is 26.4 Å². The summed E-state index contributed by atoms with van der Waals surface area (Å²) in [5.74, 6) is -0.252. The lowest BCUT2D eigenvalue weighted by atomic mass is 9.96. The van der Waals surface area contributed by atoms with E-state index in [0.29, 0.717) is 12.8 Å². The van der Waals surface area contributed by atoms with Crippen LogP contribution in [0, 0.1) is 0 Å². The summed E-state index contributed by atoms with van der Waals surface area (Å²) in [7, 11) is 0. The van der Waals surface area contributed by atoms with Gasteiger partial charge in [-0.05, 0) is 32.1 Å². The van der Waals surface area contributed by atoms with Gasteiger partial charge in [0.15, 0.2) is 18.9 Å². The number of unbranched alkanes of at least 4 members (excludes halogenated alkanes) is 32. The first-order chi connectivity index (χ1) is 39.8. The van der Waals surface area contributed by atoms with Gasteiger partial charge in [0, 0.05) is 6.42 Å². The van der Waals surface area contributed by atoms with Crippen LogP contribution in [0.15, 0.2) is 12.2 Å². The second-order valence-corrected chi connectivity index (χ2v) is 23.9. The molecule has 0 aromatic heterocycles. The molecule has 0 spiro atoms. The van der Waals surface area contributed by atoms with E-state index >= 15 is 0 Å². The molecule has 17 unspecified atom stereocenters. The summed E-state index contributed by atoms with van der Waals surface area (Å²) in [6.45, 7) is 1.74. The monoisotopic (exact) mass is 1180 g/mol. The van der Waals surface area contributed by atoms with E-state index < -0.39 is 124 Å². The minimum absolute atomic E-state index is 0.252. The van der Waals surface area contributed by atoms with Crippen LogP contribution in [-0.2, 0) is 33.2 Å². The maximum absolute atomic E-state index is 13.3. The fourth-order valence-corrected chi connectivity index (χ4v) is 11.4. The highest BCUT2D eigenvalue weighted by molar-refractivity contribution is 5.76. The predicted molar refractivity (Wildman–Crippen MR) is 314 cm³/mol. The SMILES string of the molecule is CCC/C=C\CCCCCCCC(=O)NC(COC1OC(CO)C(OC2OC(CO)C(OC3OC(CO)C(O)C(O)C3O)C(O)C2O)C(O)C1O)C(O)CCCCCCCCCCCCCCCCCCCCCCCCCCCCC. The van der Waals surface area contributed by atoms with Gasteiger partial charge in [-0.25, -0.2) is 0 Å². The first-order valence-corrected chi connectivity index (χ1v) is 32.9. The molecule has 484 valence electrons. The number of amides is 1. The van der Waals surface area contributed by atoms with Gasteiger partial charge in [-0.2, -0.15) is 0 Å². The van der Waals surface area contributed by atoms with E-state index in [4.69, 9.17) is 28.4 Å². The molecule has 3 rings (SSSR count). The average Bonchev–Trinajstić information content (AvgIpc) is 3.66. The average molecular weight is 1180 g/mol. The lowest BCUT2D eigenvalue weighted by Crippen LogP contribution is -2.66. The smallest absolute Gasteiger partial charge is 0.220 e. The van der Waals surface area contributed by atoms with Crippen LogP contribution in [0.3, 0.4) is 0 Å². The van der Waals surface area contributed by atoms with Gasteiger partial charge in [0.05, 0.1) is 38.6 Å². The molecule has 0 radical (unpaired) electrons. The Morgan fingerprint density at radius 1 is 0.427 bits per heavy atom. The molecule has 82 heavy (non-hydrogen) atoms. The van der Waals surface area contributed by atoms with Gasteiger partial charge >= 0.3 is 0 Å². The number of rotatable bonds is 50. The quantitative estimate of drug-likeness (QED) is 0.0210. The molecular weight excluding hydrogens is 1060 g/mol. The van der Waals surface area contributed by atoms with Crippen LogP contribution in [0.25, 0.3) is 0 Å². The molecule has 0 bridgehead atoms. The molecule has 0 aliphatic carbocycles. The Balaban J connectivity index is 1.39. The Kier molecular flexibility index (Phi) is 42.5. The second kappa shape index (κ2) is 46.7. The van der Waals surface area contributed by atoms with Crippen molar-refractivity contribution in [2.45, 2.75) is 356 Å². The molecule has 0 aromatic carbocycles.